The minimum Gasteiger partial charge on any atom is -0.326 e. The van der Waals surface area contributed by atoms with Crippen LogP contribution in [0.3, 0.4) is 0 Å². The third-order valence-electron chi connectivity index (χ3n) is 4.48. The normalized spacial score (nSPS) is 21.5. The molecule has 0 spiro atoms. The van der Waals surface area contributed by atoms with Gasteiger partial charge in [-0.25, -0.2) is 0 Å². The minimum atomic E-state index is 0.202. The largest absolute Gasteiger partial charge is 0.326 e. The predicted octanol–water partition coefficient (Wildman–Crippen LogP) is 3.56. The Morgan fingerprint density at radius 3 is 2.17 bits per heavy atom. The molecule has 2 nitrogen and oxygen atoms in total. The Bertz CT molecular complexity index is 234. The van der Waals surface area contributed by atoms with Crippen molar-refractivity contribution in [2.45, 2.75) is 72.8 Å². The number of rotatable bonds is 6. The van der Waals surface area contributed by atoms with Crippen molar-refractivity contribution in [1.29, 1.82) is 0 Å². The van der Waals surface area contributed by atoms with Crippen LogP contribution in [-0.4, -0.2) is 19.1 Å². The zero-order valence-corrected chi connectivity index (χ0v) is 13.2. The van der Waals surface area contributed by atoms with E-state index < -0.39 is 0 Å². The molecule has 2 heteroatoms. The molecule has 1 fully saturated rings. The molecule has 1 rings (SSSR count). The maximum absolute atomic E-state index is 6.22. The summed E-state index contributed by atoms with van der Waals surface area (Å²) >= 11 is 0. The first-order valence-electron chi connectivity index (χ1n) is 7.71. The van der Waals surface area contributed by atoms with Crippen molar-refractivity contribution in [1.82, 2.24) is 5.32 Å². The lowest BCUT2D eigenvalue weighted by Crippen LogP contribution is -2.46. The standard InChI is InChI=1S/C16H34N2/c1-13(2)10-16(8-6-7-9-16)12-18-11-14(17)15(3,4)5/h13-14,18H,6-12,17H2,1-5H3. The van der Waals surface area contributed by atoms with Crippen molar-refractivity contribution in [2.75, 3.05) is 13.1 Å². The van der Waals surface area contributed by atoms with Gasteiger partial charge in [-0.1, -0.05) is 47.5 Å². The van der Waals surface area contributed by atoms with Crippen LogP contribution in [0.25, 0.3) is 0 Å². The summed E-state index contributed by atoms with van der Waals surface area (Å²) in [6.07, 6.45) is 7.01. The third kappa shape index (κ3) is 4.89. The summed E-state index contributed by atoms with van der Waals surface area (Å²) in [5.74, 6) is 0.807. The Labute approximate surface area is 114 Å². The third-order valence-corrected chi connectivity index (χ3v) is 4.48. The Kier molecular flexibility index (Phi) is 5.67. The molecular formula is C16H34N2. The molecular weight excluding hydrogens is 220 g/mol. The molecule has 0 saturated heterocycles. The van der Waals surface area contributed by atoms with E-state index >= 15 is 0 Å². The highest BCUT2D eigenvalue weighted by Gasteiger charge is 2.34. The van der Waals surface area contributed by atoms with Gasteiger partial charge in [0.1, 0.15) is 0 Å². The van der Waals surface area contributed by atoms with E-state index in [4.69, 9.17) is 5.73 Å². The molecule has 0 aromatic carbocycles. The molecule has 0 aromatic heterocycles. The Balaban J connectivity index is 2.39. The van der Waals surface area contributed by atoms with E-state index in [9.17, 15) is 0 Å². The minimum absolute atomic E-state index is 0.202. The predicted molar refractivity (Wildman–Crippen MR) is 80.7 cm³/mol. The van der Waals surface area contributed by atoms with Crippen molar-refractivity contribution in [3.05, 3.63) is 0 Å². The molecule has 108 valence electrons. The fourth-order valence-corrected chi connectivity index (χ4v) is 3.24. The summed E-state index contributed by atoms with van der Waals surface area (Å²) < 4.78 is 0. The molecule has 0 aromatic rings. The summed E-state index contributed by atoms with van der Waals surface area (Å²) in [7, 11) is 0. The van der Waals surface area contributed by atoms with Gasteiger partial charge >= 0.3 is 0 Å². The summed E-state index contributed by atoms with van der Waals surface area (Å²) in [5.41, 5.74) is 6.98. The number of nitrogens with one attached hydrogen (secondary N) is 1. The van der Waals surface area contributed by atoms with Gasteiger partial charge in [0.2, 0.25) is 0 Å². The van der Waals surface area contributed by atoms with Gasteiger partial charge in [0, 0.05) is 19.1 Å². The topological polar surface area (TPSA) is 38.0 Å². The van der Waals surface area contributed by atoms with Crippen LogP contribution in [0.4, 0.5) is 0 Å². The Hall–Kier alpha value is -0.0800. The number of hydrogen-bond acceptors (Lipinski definition) is 2. The van der Waals surface area contributed by atoms with Gasteiger partial charge in [-0.3, -0.25) is 0 Å². The van der Waals surface area contributed by atoms with E-state index in [1.165, 1.54) is 32.1 Å². The fraction of sp³-hybridized carbons (Fsp3) is 1.00. The van der Waals surface area contributed by atoms with Crippen LogP contribution in [0.5, 0.6) is 0 Å². The fourth-order valence-electron chi connectivity index (χ4n) is 3.24. The van der Waals surface area contributed by atoms with Crippen LogP contribution >= 0.6 is 0 Å². The molecule has 3 N–H and O–H groups in total. The first kappa shape index (κ1) is 16.0. The van der Waals surface area contributed by atoms with Crippen molar-refractivity contribution >= 4 is 0 Å². The van der Waals surface area contributed by atoms with Crippen LogP contribution in [0.2, 0.25) is 0 Å². The van der Waals surface area contributed by atoms with Crippen LogP contribution in [0, 0.1) is 16.7 Å². The van der Waals surface area contributed by atoms with E-state index in [0.29, 0.717) is 5.41 Å². The highest BCUT2D eigenvalue weighted by molar-refractivity contribution is 4.88. The zero-order valence-electron chi connectivity index (χ0n) is 13.2. The van der Waals surface area contributed by atoms with E-state index in [1.54, 1.807) is 0 Å². The monoisotopic (exact) mass is 254 g/mol. The first-order valence-corrected chi connectivity index (χ1v) is 7.71. The molecule has 1 aliphatic rings. The molecule has 0 radical (unpaired) electrons. The lowest BCUT2D eigenvalue weighted by atomic mass is 9.78. The molecule has 0 aliphatic heterocycles. The SMILES string of the molecule is CC(C)CC1(CNCC(N)C(C)(C)C)CCCC1. The molecule has 1 aliphatic carbocycles. The number of nitrogens with two attached hydrogens (primary N) is 1. The molecule has 18 heavy (non-hydrogen) atoms. The molecule has 0 bridgehead atoms. The van der Waals surface area contributed by atoms with Gasteiger partial charge in [-0.05, 0) is 36.0 Å². The maximum atomic E-state index is 6.22. The second-order valence-corrected chi connectivity index (χ2v) is 7.91. The van der Waals surface area contributed by atoms with Crippen LogP contribution in [0.1, 0.15) is 66.7 Å². The molecule has 0 amide bonds. The summed E-state index contributed by atoms with van der Waals surface area (Å²) in [5, 5.41) is 3.65. The quantitative estimate of drug-likeness (QED) is 0.760. The van der Waals surface area contributed by atoms with E-state index in [1.807, 2.05) is 0 Å². The van der Waals surface area contributed by atoms with E-state index in [0.717, 1.165) is 19.0 Å². The van der Waals surface area contributed by atoms with Gasteiger partial charge in [0.15, 0.2) is 0 Å². The highest BCUT2D eigenvalue weighted by Crippen LogP contribution is 2.42. The summed E-state index contributed by atoms with van der Waals surface area (Å²) in [6, 6.07) is 0.245. The van der Waals surface area contributed by atoms with E-state index in [-0.39, 0.29) is 11.5 Å². The first-order chi connectivity index (χ1) is 8.25. The second kappa shape index (κ2) is 6.38. The average Bonchev–Trinajstić information content (AvgIpc) is 2.64. The average molecular weight is 254 g/mol. The van der Waals surface area contributed by atoms with Crippen LogP contribution in [0.15, 0.2) is 0 Å². The highest BCUT2D eigenvalue weighted by atomic mass is 14.9. The molecule has 0 heterocycles. The summed E-state index contributed by atoms with van der Waals surface area (Å²) in [4.78, 5) is 0. The second-order valence-electron chi connectivity index (χ2n) is 7.91. The smallest absolute Gasteiger partial charge is 0.0214 e. The van der Waals surface area contributed by atoms with E-state index in [2.05, 4.69) is 39.9 Å². The van der Waals surface area contributed by atoms with Gasteiger partial charge in [-0.15, -0.1) is 0 Å². The van der Waals surface area contributed by atoms with Gasteiger partial charge in [-0.2, -0.15) is 0 Å². The van der Waals surface area contributed by atoms with Crippen molar-refractivity contribution in [2.24, 2.45) is 22.5 Å². The number of hydrogen-bond donors (Lipinski definition) is 2. The molecule has 1 saturated carbocycles. The lowest BCUT2D eigenvalue weighted by Gasteiger charge is -2.33. The summed E-state index contributed by atoms with van der Waals surface area (Å²) in [6.45, 7) is 13.5. The zero-order chi connectivity index (χ0) is 13.8. The van der Waals surface area contributed by atoms with Crippen LogP contribution in [-0.2, 0) is 0 Å². The van der Waals surface area contributed by atoms with Gasteiger partial charge in [0.05, 0.1) is 0 Å². The molecule has 1 atom stereocenters. The van der Waals surface area contributed by atoms with Crippen LogP contribution < -0.4 is 11.1 Å². The van der Waals surface area contributed by atoms with Gasteiger partial charge in [0.25, 0.3) is 0 Å². The molecule has 1 unspecified atom stereocenters. The Morgan fingerprint density at radius 2 is 1.72 bits per heavy atom. The van der Waals surface area contributed by atoms with Crippen molar-refractivity contribution < 1.29 is 0 Å². The lowest BCUT2D eigenvalue weighted by molar-refractivity contribution is 0.214. The maximum Gasteiger partial charge on any atom is 0.0214 e. The van der Waals surface area contributed by atoms with Crippen molar-refractivity contribution in [3.63, 3.8) is 0 Å². The van der Waals surface area contributed by atoms with Crippen molar-refractivity contribution in [3.8, 4) is 0 Å². The Morgan fingerprint density at radius 1 is 1.17 bits per heavy atom. The van der Waals surface area contributed by atoms with Gasteiger partial charge < -0.3 is 11.1 Å².